The molecular weight excluding hydrogens is 409 g/mol. The molecule has 0 N–H and O–H groups in total. The number of aromatic nitrogens is 7. The summed E-state index contributed by atoms with van der Waals surface area (Å²) >= 11 is 0. The molecule has 1 aliphatic rings. The molecule has 8 nitrogen and oxygen atoms in total. The molecule has 11 heteroatoms. The second kappa shape index (κ2) is 7.56. The van der Waals surface area contributed by atoms with Gasteiger partial charge in [0, 0.05) is 37.0 Å². The first-order chi connectivity index (χ1) is 15.0. The zero-order chi connectivity index (χ0) is 21.4. The molecule has 4 aromatic rings. The number of pyridine rings is 1. The highest BCUT2D eigenvalue weighted by Gasteiger charge is 2.33. The molecule has 0 unspecified atom stereocenters. The van der Waals surface area contributed by atoms with E-state index in [1.165, 1.54) is 6.07 Å². The Labute approximate surface area is 174 Å². The van der Waals surface area contributed by atoms with E-state index in [0.717, 1.165) is 36.0 Å². The van der Waals surface area contributed by atoms with Crippen LogP contribution >= 0.6 is 0 Å². The van der Waals surface area contributed by atoms with Gasteiger partial charge in [-0.3, -0.25) is 4.98 Å². The van der Waals surface area contributed by atoms with E-state index in [-0.39, 0.29) is 5.92 Å². The van der Waals surface area contributed by atoms with E-state index >= 15 is 0 Å². The fraction of sp³-hybridized carbons (Fsp3) is 0.300. The molecule has 0 aromatic carbocycles. The highest BCUT2D eigenvalue weighted by Crippen LogP contribution is 2.31. The molecule has 0 amide bonds. The Morgan fingerprint density at radius 3 is 2.42 bits per heavy atom. The molecular formula is C20H17F3N8. The molecule has 158 valence electrons. The van der Waals surface area contributed by atoms with Gasteiger partial charge < -0.3 is 4.90 Å². The van der Waals surface area contributed by atoms with Crippen molar-refractivity contribution in [3.05, 3.63) is 60.3 Å². The normalized spacial score (nSPS) is 15.5. The third kappa shape index (κ3) is 3.78. The van der Waals surface area contributed by atoms with E-state index in [1.54, 1.807) is 16.9 Å². The Balaban J connectivity index is 1.33. The summed E-state index contributed by atoms with van der Waals surface area (Å²) in [5, 5.41) is 20.4. The Bertz CT molecular complexity index is 1180. The second-order valence-electron chi connectivity index (χ2n) is 7.32. The molecule has 0 bridgehead atoms. The van der Waals surface area contributed by atoms with E-state index < -0.39 is 11.9 Å². The maximum Gasteiger partial charge on any atom is 0.435 e. The molecule has 5 rings (SSSR count). The van der Waals surface area contributed by atoms with Crippen LogP contribution in [-0.2, 0) is 6.18 Å². The number of fused-ring (bicyclic) bond motifs is 1. The monoisotopic (exact) mass is 426 g/mol. The van der Waals surface area contributed by atoms with Crippen molar-refractivity contribution >= 4 is 11.5 Å². The summed E-state index contributed by atoms with van der Waals surface area (Å²) in [6.07, 6.45) is 0.475. The quantitative estimate of drug-likeness (QED) is 0.497. The Kier molecular flexibility index (Phi) is 4.72. The average molecular weight is 426 g/mol. The van der Waals surface area contributed by atoms with Gasteiger partial charge in [-0.15, -0.1) is 20.4 Å². The molecule has 31 heavy (non-hydrogen) atoms. The van der Waals surface area contributed by atoms with Crippen LogP contribution < -0.4 is 4.90 Å². The van der Waals surface area contributed by atoms with E-state index in [1.807, 2.05) is 29.2 Å². The summed E-state index contributed by atoms with van der Waals surface area (Å²) in [6, 6.07) is 9.88. The first-order valence-electron chi connectivity index (χ1n) is 9.78. The number of hydrogen-bond donors (Lipinski definition) is 0. The van der Waals surface area contributed by atoms with Crippen LogP contribution in [0.1, 0.15) is 30.3 Å². The highest BCUT2D eigenvalue weighted by atomic mass is 19.4. The van der Waals surface area contributed by atoms with Crippen molar-refractivity contribution in [1.82, 2.24) is 35.0 Å². The van der Waals surface area contributed by atoms with E-state index in [4.69, 9.17) is 5.10 Å². The van der Waals surface area contributed by atoms with Gasteiger partial charge in [-0.05, 0) is 49.2 Å². The Morgan fingerprint density at radius 1 is 0.903 bits per heavy atom. The van der Waals surface area contributed by atoms with Crippen molar-refractivity contribution in [3.63, 3.8) is 0 Å². The lowest BCUT2D eigenvalue weighted by molar-refractivity contribution is -0.141. The lowest BCUT2D eigenvalue weighted by atomic mass is 9.96. The van der Waals surface area contributed by atoms with Gasteiger partial charge in [0.15, 0.2) is 23.0 Å². The average Bonchev–Trinajstić information content (AvgIpc) is 3.23. The fourth-order valence-corrected chi connectivity index (χ4v) is 3.74. The molecule has 0 radical (unpaired) electrons. The van der Waals surface area contributed by atoms with Gasteiger partial charge in [0.2, 0.25) is 0 Å². The maximum atomic E-state index is 12.7. The number of piperidine rings is 1. The predicted molar refractivity (Wildman–Crippen MR) is 105 cm³/mol. The first-order valence-corrected chi connectivity index (χ1v) is 9.78. The number of rotatable bonds is 3. The first kappa shape index (κ1) is 19.3. The Hall–Kier alpha value is -3.63. The van der Waals surface area contributed by atoms with Crippen molar-refractivity contribution in [2.75, 3.05) is 18.0 Å². The highest BCUT2D eigenvalue weighted by molar-refractivity contribution is 5.58. The maximum absolute atomic E-state index is 12.7. The molecule has 1 aliphatic heterocycles. The molecule has 0 saturated carbocycles. The van der Waals surface area contributed by atoms with Crippen LogP contribution in [0.25, 0.3) is 16.9 Å². The number of hydrogen-bond acceptors (Lipinski definition) is 7. The van der Waals surface area contributed by atoms with Gasteiger partial charge in [0.25, 0.3) is 0 Å². The van der Waals surface area contributed by atoms with Crippen LogP contribution in [0, 0.1) is 0 Å². The summed E-state index contributed by atoms with van der Waals surface area (Å²) in [6.45, 7) is 1.25. The van der Waals surface area contributed by atoms with Crippen molar-refractivity contribution in [3.8, 4) is 11.3 Å². The van der Waals surface area contributed by atoms with E-state index in [9.17, 15) is 13.2 Å². The smallest absolute Gasteiger partial charge is 0.355 e. The van der Waals surface area contributed by atoms with E-state index in [2.05, 4.69) is 25.4 Å². The van der Waals surface area contributed by atoms with Crippen molar-refractivity contribution in [2.24, 2.45) is 0 Å². The largest absolute Gasteiger partial charge is 0.435 e. The molecule has 0 aliphatic carbocycles. The minimum absolute atomic E-state index is 0.130. The Morgan fingerprint density at radius 2 is 1.74 bits per heavy atom. The summed E-state index contributed by atoms with van der Waals surface area (Å²) < 4.78 is 39.8. The standard InChI is InChI=1S/C20H17F3N8/c21-20(22,23)16-4-6-17(26-25-16)30-10-7-13(8-11-30)19-28-27-18-5-3-15(29-31(18)19)14-2-1-9-24-12-14/h1-6,9,12-13H,7-8,10-11H2. The lowest BCUT2D eigenvalue weighted by Crippen LogP contribution is -2.34. The summed E-state index contributed by atoms with van der Waals surface area (Å²) in [5.41, 5.74) is 1.36. The van der Waals surface area contributed by atoms with Crippen molar-refractivity contribution in [2.45, 2.75) is 24.9 Å². The van der Waals surface area contributed by atoms with Crippen molar-refractivity contribution in [1.29, 1.82) is 0 Å². The summed E-state index contributed by atoms with van der Waals surface area (Å²) in [7, 11) is 0. The van der Waals surface area contributed by atoms with Crippen LogP contribution in [0.2, 0.25) is 0 Å². The van der Waals surface area contributed by atoms with Gasteiger partial charge in [-0.1, -0.05) is 0 Å². The molecule has 1 fully saturated rings. The van der Waals surface area contributed by atoms with Gasteiger partial charge in [-0.25, -0.2) is 0 Å². The van der Waals surface area contributed by atoms with Crippen LogP contribution in [0.15, 0.2) is 48.8 Å². The van der Waals surface area contributed by atoms with Gasteiger partial charge in [0.05, 0.1) is 5.69 Å². The zero-order valence-electron chi connectivity index (χ0n) is 16.2. The third-order valence-electron chi connectivity index (χ3n) is 5.37. The van der Waals surface area contributed by atoms with Crippen LogP contribution in [0.4, 0.5) is 19.0 Å². The van der Waals surface area contributed by atoms with Crippen molar-refractivity contribution < 1.29 is 13.2 Å². The molecule has 0 spiro atoms. The fourth-order valence-electron chi connectivity index (χ4n) is 3.74. The topological polar surface area (TPSA) is 85.0 Å². The zero-order valence-corrected chi connectivity index (χ0v) is 16.2. The predicted octanol–water partition coefficient (Wildman–Crippen LogP) is 3.38. The van der Waals surface area contributed by atoms with Gasteiger partial charge in [-0.2, -0.15) is 22.8 Å². The van der Waals surface area contributed by atoms with Gasteiger partial charge >= 0.3 is 6.18 Å². The van der Waals surface area contributed by atoms with E-state index in [0.29, 0.717) is 24.6 Å². The molecule has 4 aromatic heterocycles. The summed E-state index contributed by atoms with van der Waals surface area (Å²) in [5.74, 6) is 1.35. The third-order valence-corrected chi connectivity index (χ3v) is 5.37. The molecule has 0 atom stereocenters. The molecule has 1 saturated heterocycles. The second-order valence-corrected chi connectivity index (χ2v) is 7.32. The SMILES string of the molecule is FC(F)(F)c1ccc(N2CCC(c3nnc4ccc(-c5cccnc5)nn34)CC2)nn1. The minimum Gasteiger partial charge on any atom is -0.355 e. The number of halogens is 3. The number of alkyl halides is 3. The number of anilines is 1. The summed E-state index contributed by atoms with van der Waals surface area (Å²) in [4.78, 5) is 6.07. The van der Waals surface area contributed by atoms with Crippen LogP contribution in [0.5, 0.6) is 0 Å². The number of nitrogens with zero attached hydrogens (tertiary/aromatic N) is 8. The van der Waals surface area contributed by atoms with Gasteiger partial charge in [0.1, 0.15) is 0 Å². The van der Waals surface area contributed by atoms with Crippen LogP contribution in [0.3, 0.4) is 0 Å². The minimum atomic E-state index is -4.49. The molecule has 5 heterocycles. The van der Waals surface area contributed by atoms with Crippen LogP contribution in [-0.4, -0.2) is 48.1 Å². The lowest BCUT2D eigenvalue weighted by Gasteiger charge is -2.31.